The highest BCUT2D eigenvalue weighted by Gasteiger charge is 2.23. The Hall–Kier alpha value is -1.18. The van der Waals surface area contributed by atoms with Crippen molar-refractivity contribution in [2.24, 2.45) is 0 Å². The van der Waals surface area contributed by atoms with E-state index in [2.05, 4.69) is 0 Å². The van der Waals surface area contributed by atoms with Crippen LogP contribution in [-0.4, -0.2) is 11.6 Å². The molecule has 0 saturated heterocycles. The Balaban J connectivity index is 2.05. The Bertz CT molecular complexity index is 350. The van der Waals surface area contributed by atoms with E-state index in [1.54, 1.807) is 0 Å². The first-order valence-corrected chi connectivity index (χ1v) is 7.26. The van der Waals surface area contributed by atoms with Gasteiger partial charge in [0.05, 0.1) is 0 Å². The van der Waals surface area contributed by atoms with Crippen LogP contribution in [0.2, 0.25) is 0 Å². The predicted octanol–water partition coefficient (Wildman–Crippen LogP) is 3.91. The van der Waals surface area contributed by atoms with Gasteiger partial charge in [-0.3, -0.25) is 9.59 Å². The molecular weight excluding hydrogens is 224 g/mol. The predicted molar refractivity (Wildman–Crippen MR) is 72.4 cm³/mol. The van der Waals surface area contributed by atoms with Crippen molar-refractivity contribution in [1.82, 2.24) is 0 Å². The number of Topliss-reactive ketones (excluding diaryl/α,β-unsaturated/α-hetero) is 2. The van der Waals surface area contributed by atoms with Gasteiger partial charge in [0.15, 0.2) is 0 Å². The highest BCUT2D eigenvalue weighted by Crippen LogP contribution is 2.22. The fourth-order valence-corrected chi connectivity index (χ4v) is 2.73. The number of ketones is 2. The summed E-state index contributed by atoms with van der Waals surface area (Å²) in [5, 5.41) is 0. The molecule has 2 rings (SSSR count). The summed E-state index contributed by atoms with van der Waals surface area (Å²) in [5.74, 6) is -0.463. The molecule has 0 aromatic heterocycles. The number of hydrogen-bond donors (Lipinski definition) is 0. The average Bonchev–Trinajstić information content (AvgIpc) is 2.81. The minimum absolute atomic E-state index is 0.231. The van der Waals surface area contributed by atoms with Crippen LogP contribution in [-0.2, 0) is 9.59 Å². The molecule has 0 aromatic rings. The second kappa shape index (κ2) is 6.67. The Labute approximate surface area is 109 Å². The van der Waals surface area contributed by atoms with Gasteiger partial charge in [-0.2, -0.15) is 0 Å². The van der Waals surface area contributed by atoms with Crippen LogP contribution < -0.4 is 0 Å². The molecule has 18 heavy (non-hydrogen) atoms. The first-order valence-electron chi connectivity index (χ1n) is 7.26. The van der Waals surface area contributed by atoms with Crippen LogP contribution in [0.15, 0.2) is 23.3 Å². The summed E-state index contributed by atoms with van der Waals surface area (Å²) in [5.41, 5.74) is 1.53. The molecule has 2 aliphatic rings. The smallest absolute Gasteiger partial charge is 0.228 e. The summed E-state index contributed by atoms with van der Waals surface area (Å²) in [6.45, 7) is 0. The van der Waals surface area contributed by atoms with Crippen molar-refractivity contribution >= 4 is 11.6 Å². The second-order valence-electron chi connectivity index (χ2n) is 5.32. The molecule has 0 aliphatic heterocycles. The maximum atomic E-state index is 12.2. The summed E-state index contributed by atoms with van der Waals surface area (Å²) < 4.78 is 0. The number of rotatable bonds is 3. The summed E-state index contributed by atoms with van der Waals surface area (Å²) in [7, 11) is 0. The summed E-state index contributed by atoms with van der Waals surface area (Å²) in [6.07, 6.45) is 14.2. The van der Waals surface area contributed by atoms with Crippen molar-refractivity contribution in [2.75, 3.05) is 0 Å². The number of hydrogen-bond acceptors (Lipinski definition) is 2. The highest BCUT2D eigenvalue weighted by molar-refractivity contribution is 6.48. The molecule has 0 spiro atoms. The van der Waals surface area contributed by atoms with Crippen molar-refractivity contribution in [3.05, 3.63) is 23.3 Å². The van der Waals surface area contributed by atoms with Crippen molar-refractivity contribution in [2.45, 2.75) is 64.2 Å². The molecule has 0 aromatic carbocycles. The van der Waals surface area contributed by atoms with Gasteiger partial charge in [0.25, 0.3) is 0 Å². The van der Waals surface area contributed by atoms with Gasteiger partial charge in [0.2, 0.25) is 11.6 Å². The van der Waals surface area contributed by atoms with Gasteiger partial charge in [0, 0.05) is 0 Å². The van der Waals surface area contributed by atoms with Gasteiger partial charge < -0.3 is 0 Å². The van der Waals surface area contributed by atoms with Crippen molar-refractivity contribution in [1.29, 1.82) is 0 Å². The quantitative estimate of drug-likeness (QED) is 0.708. The molecule has 98 valence electrons. The fourth-order valence-electron chi connectivity index (χ4n) is 2.73. The molecule has 2 heteroatoms. The topological polar surface area (TPSA) is 34.1 Å². The maximum absolute atomic E-state index is 12.2. The maximum Gasteiger partial charge on any atom is 0.228 e. The molecule has 0 radical (unpaired) electrons. The third-order valence-electron chi connectivity index (χ3n) is 3.87. The van der Waals surface area contributed by atoms with E-state index in [1.165, 1.54) is 12.8 Å². The minimum Gasteiger partial charge on any atom is -0.285 e. The van der Waals surface area contributed by atoms with Gasteiger partial charge in [0.1, 0.15) is 0 Å². The Morgan fingerprint density at radius 2 is 1.11 bits per heavy atom. The van der Waals surface area contributed by atoms with Crippen LogP contribution in [0, 0.1) is 0 Å². The SMILES string of the molecule is O=C(C(=O)C1=CCCCCC1)C1=CCCCCC1. The molecule has 0 saturated carbocycles. The molecule has 0 bridgehead atoms. The van der Waals surface area contributed by atoms with E-state index in [1.807, 2.05) is 12.2 Å². The molecule has 0 unspecified atom stereocenters. The van der Waals surface area contributed by atoms with Gasteiger partial charge >= 0.3 is 0 Å². The van der Waals surface area contributed by atoms with Crippen LogP contribution in [0.4, 0.5) is 0 Å². The molecule has 2 nitrogen and oxygen atoms in total. The average molecular weight is 246 g/mol. The first-order chi connectivity index (χ1) is 8.79. The van der Waals surface area contributed by atoms with Crippen LogP contribution in [0.3, 0.4) is 0 Å². The standard InChI is InChI=1S/C16H22O2/c17-15(13-9-5-1-2-6-10-13)16(18)14-11-7-3-4-8-12-14/h9,11H,1-8,10,12H2. The van der Waals surface area contributed by atoms with Crippen LogP contribution in [0.5, 0.6) is 0 Å². The van der Waals surface area contributed by atoms with Crippen LogP contribution in [0.1, 0.15) is 64.2 Å². The fraction of sp³-hybridized carbons (Fsp3) is 0.625. The first kappa shape index (κ1) is 13.3. The lowest BCUT2D eigenvalue weighted by Gasteiger charge is -2.06. The van der Waals surface area contributed by atoms with Crippen molar-refractivity contribution in [3.63, 3.8) is 0 Å². The molecular formula is C16H22O2. The summed E-state index contributed by atoms with van der Waals surface area (Å²) in [4.78, 5) is 24.4. The number of allylic oxidation sites excluding steroid dienone is 4. The zero-order valence-corrected chi connectivity index (χ0v) is 11.0. The molecule has 0 atom stereocenters. The van der Waals surface area contributed by atoms with E-state index in [4.69, 9.17) is 0 Å². The lowest BCUT2D eigenvalue weighted by atomic mass is 9.96. The zero-order valence-electron chi connectivity index (χ0n) is 11.0. The summed E-state index contributed by atoms with van der Waals surface area (Å²) >= 11 is 0. The number of carbonyl (C=O) groups excluding carboxylic acids is 2. The Kier molecular flexibility index (Phi) is 4.91. The van der Waals surface area contributed by atoms with E-state index in [9.17, 15) is 9.59 Å². The minimum atomic E-state index is -0.231. The zero-order chi connectivity index (χ0) is 12.8. The van der Waals surface area contributed by atoms with Crippen molar-refractivity contribution < 1.29 is 9.59 Å². The summed E-state index contributed by atoms with van der Waals surface area (Å²) in [6, 6.07) is 0. The van der Waals surface area contributed by atoms with Crippen molar-refractivity contribution in [3.8, 4) is 0 Å². The molecule has 0 heterocycles. The third kappa shape index (κ3) is 3.41. The van der Waals surface area contributed by atoms with Gasteiger partial charge in [-0.15, -0.1) is 0 Å². The lowest BCUT2D eigenvalue weighted by molar-refractivity contribution is -0.132. The normalized spacial score (nSPS) is 21.3. The Morgan fingerprint density at radius 3 is 1.56 bits per heavy atom. The molecule has 0 amide bonds. The molecule has 0 fully saturated rings. The van der Waals surface area contributed by atoms with E-state index in [-0.39, 0.29) is 11.6 Å². The van der Waals surface area contributed by atoms with Gasteiger partial charge in [-0.25, -0.2) is 0 Å². The molecule has 2 aliphatic carbocycles. The monoisotopic (exact) mass is 246 g/mol. The van der Waals surface area contributed by atoms with Gasteiger partial charge in [-0.1, -0.05) is 25.0 Å². The van der Waals surface area contributed by atoms with Gasteiger partial charge in [-0.05, 0) is 62.5 Å². The largest absolute Gasteiger partial charge is 0.285 e. The van der Waals surface area contributed by atoms with Crippen LogP contribution >= 0.6 is 0 Å². The second-order valence-corrected chi connectivity index (χ2v) is 5.32. The van der Waals surface area contributed by atoms with E-state index in [0.29, 0.717) is 0 Å². The highest BCUT2D eigenvalue weighted by atomic mass is 16.2. The Morgan fingerprint density at radius 1 is 0.667 bits per heavy atom. The molecule has 0 N–H and O–H groups in total. The van der Waals surface area contributed by atoms with E-state index < -0.39 is 0 Å². The van der Waals surface area contributed by atoms with E-state index in [0.717, 1.165) is 62.5 Å². The third-order valence-corrected chi connectivity index (χ3v) is 3.87. The van der Waals surface area contributed by atoms with E-state index >= 15 is 0 Å². The van der Waals surface area contributed by atoms with Crippen LogP contribution in [0.25, 0.3) is 0 Å². The lowest BCUT2D eigenvalue weighted by Crippen LogP contribution is -2.18. The number of carbonyl (C=O) groups is 2.